The Morgan fingerprint density at radius 2 is 1.87 bits per heavy atom. The first-order chi connectivity index (χ1) is 14.6. The SMILES string of the molecule is C=CCn1c(Cc2ccccc2)nnc1SCC(=O)Nc1ccc(C(=O)OC)cc1. The summed E-state index contributed by atoms with van der Waals surface area (Å²) in [6.07, 6.45) is 2.44. The minimum Gasteiger partial charge on any atom is -0.465 e. The van der Waals surface area contributed by atoms with Crippen molar-refractivity contribution in [2.45, 2.75) is 18.1 Å². The van der Waals surface area contributed by atoms with E-state index in [1.165, 1.54) is 18.9 Å². The van der Waals surface area contributed by atoms with Crippen LogP contribution in [0.3, 0.4) is 0 Å². The van der Waals surface area contributed by atoms with Crippen LogP contribution in [0.15, 0.2) is 72.4 Å². The Morgan fingerprint density at radius 1 is 1.13 bits per heavy atom. The fourth-order valence-corrected chi connectivity index (χ4v) is 3.55. The van der Waals surface area contributed by atoms with Crippen molar-refractivity contribution in [3.05, 3.63) is 84.2 Å². The van der Waals surface area contributed by atoms with Gasteiger partial charge in [0.1, 0.15) is 5.82 Å². The van der Waals surface area contributed by atoms with E-state index in [2.05, 4.69) is 26.8 Å². The Bertz CT molecular complexity index is 1020. The molecule has 30 heavy (non-hydrogen) atoms. The van der Waals surface area contributed by atoms with Gasteiger partial charge in [-0.25, -0.2) is 4.79 Å². The quantitative estimate of drug-likeness (QED) is 0.322. The number of esters is 1. The Hall–Kier alpha value is -3.39. The lowest BCUT2D eigenvalue weighted by molar-refractivity contribution is -0.113. The number of hydrogen-bond donors (Lipinski definition) is 1. The van der Waals surface area contributed by atoms with Gasteiger partial charge in [0.2, 0.25) is 5.91 Å². The lowest BCUT2D eigenvalue weighted by atomic mass is 10.1. The molecule has 1 aromatic heterocycles. The second-order valence-corrected chi connectivity index (χ2v) is 7.31. The van der Waals surface area contributed by atoms with Crippen LogP contribution in [0.25, 0.3) is 0 Å². The van der Waals surface area contributed by atoms with Gasteiger partial charge in [-0.1, -0.05) is 48.2 Å². The Kier molecular flexibility index (Phi) is 7.40. The van der Waals surface area contributed by atoms with Crippen LogP contribution in [0.2, 0.25) is 0 Å². The summed E-state index contributed by atoms with van der Waals surface area (Å²) in [7, 11) is 1.33. The number of carbonyl (C=O) groups is 2. The van der Waals surface area contributed by atoms with Gasteiger partial charge in [-0.05, 0) is 29.8 Å². The van der Waals surface area contributed by atoms with Gasteiger partial charge in [0.15, 0.2) is 5.16 Å². The fraction of sp³-hybridized carbons (Fsp3) is 0.182. The topological polar surface area (TPSA) is 86.1 Å². The maximum Gasteiger partial charge on any atom is 0.337 e. The van der Waals surface area contributed by atoms with Crippen LogP contribution >= 0.6 is 11.8 Å². The Balaban J connectivity index is 1.61. The summed E-state index contributed by atoms with van der Waals surface area (Å²) in [5, 5.41) is 12.0. The van der Waals surface area contributed by atoms with E-state index < -0.39 is 5.97 Å². The van der Waals surface area contributed by atoms with E-state index in [1.807, 2.05) is 34.9 Å². The highest BCUT2D eigenvalue weighted by Gasteiger charge is 2.14. The molecule has 0 aliphatic carbocycles. The van der Waals surface area contributed by atoms with Crippen LogP contribution in [0, 0.1) is 0 Å². The number of allylic oxidation sites excluding steroid dienone is 1. The number of nitrogens with one attached hydrogen (secondary N) is 1. The van der Waals surface area contributed by atoms with Gasteiger partial charge in [0, 0.05) is 18.7 Å². The van der Waals surface area contributed by atoms with Gasteiger partial charge >= 0.3 is 5.97 Å². The summed E-state index contributed by atoms with van der Waals surface area (Å²) in [5.74, 6) is 0.404. The number of carbonyl (C=O) groups excluding carboxylic acids is 2. The second-order valence-electron chi connectivity index (χ2n) is 6.37. The lowest BCUT2D eigenvalue weighted by Crippen LogP contribution is -2.15. The predicted molar refractivity (Wildman–Crippen MR) is 117 cm³/mol. The molecule has 1 N–H and O–H groups in total. The summed E-state index contributed by atoms with van der Waals surface area (Å²) < 4.78 is 6.62. The highest BCUT2D eigenvalue weighted by molar-refractivity contribution is 7.99. The molecule has 2 aromatic carbocycles. The number of methoxy groups -OCH3 is 1. The number of benzene rings is 2. The molecule has 1 amide bonds. The minimum absolute atomic E-state index is 0.177. The molecular formula is C22H22N4O3S. The maximum absolute atomic E-state index is 12.3. The zero-order chi connectivity index (χ0) is 21.3. The van der Waals surface area contributed by atoms with Gasteiger partial charge in [0.05, 0.1) is 18.4 Å². The molecule has 7 nitrogen and oxygen atoms in total. The molecule has 0 aliphatic rings. The highest BCUT2D eigenvalue weighted by atomic mass is 32.2. The van der Waals surface area contributed by atoms with Crippen LogP contribution in [0.5, 0.6) is 0 Å². The van der Waals surface area contributed by atoms with Crippen molar-refractivity contribution in [2.24, 2.45) is 0 Å². The van der Waals surface area contributed by atoms with Crippen LogP contribution in [0.4, 0.5) is 5.69 Å². The zero-order valence-corrected chi connectivity index (χ0v) is 17.4. The maximum atomic E-state index is 12.3. The molecule has 0 aliphatic heterocycles. The number of thioether (sulfide) groups is 1. The summed E-state index contributed by atoms with van der Waals surface area (Å²) in [5.41, 5.74) is 2.17. The van der Waals surface area contributed by atoms with Crippen LogP contribution in [0.1, 0.15) is 21.7 Å². The van der Waals surface area contributed by atoms with Gasteiger partial charge in [0.25, 0.3) is 0 Å². The van der Waals surface area contributed by atoms with Crippen LogP contribution in [-0.2, 0) is 22.5 Å². The first-order valence-corrected chi connectivity index (χ1v) is 10.3. The van der Waals surface area contributed by atoms with Crippen molar-refractivity contribution in [3.8, 4) is 0 Å². The molecule has 0 fully saturated rings. The third-order valence-electron chi connectivity index (χ3n) is 4.23. The number of rotatable bonds is 9. The van der Waals surface area contributed by atoms with Gasteiger partial charge in [-0.15, -0.1) is 16.8 Å². The molecule has 0 atom stereocenters. The van der Waals surface area contributed by atoms with E-state index in [-0.39, 0.29) is 11.7 Å². The number of nitrogens with zero attached hydrogens (tertiary/aromatic N) is 3. The van der Waals surface area contributed by atoms with E-state index in [4.69, 9.17) is 0 Å². The standard InChI is InChI=1S/C22H22N4O3S/c1-3-13-26-19(14-16-7-5-4-6-8-16)24-25-22(26)30-15-20(27)23-18-11-9-17(10-12-18)21(28)29-2/h3-12H,1,13-15H2,2H3,(H,23,27). The average molecular weight is 423 g/mol. The molecule has 8 heteroatoms. The normalized spacial score (nSPS) is 10.4. The van der Waals surface area contributed by atoms with Crippen molar-refractivity contribution in [1.29, 1.82) is 0 Å². The molecule has 3 aromatic rings. The summed E-state index contributed by atoms with van der Waals surface area (Å²) in [4.78, 5) is 23.8. The Labute approximate surface area is 179 Å². The fourth-order valence-electron chi connectivity index (χ4n) is 2.78. The highest BCUT2D eigenvalue weighted by Crippen LogP contribution is 2.20. The Morgan fingerprint density at radius 3 is 2.53 bits per heavy atom. The van der Waals surface area contributed by atoms with E-state index in [0.717, 1.165) is 11.4 Å². The smallest absolute Gasteiger partial charge is 0.337 e. The van der Waals surface area contributed by atoms with Gasteiger partial charge in [-0.3, -0.25) is 4.79 Å². The van der Waals surface area contributed by atoms with Crippen molar-refractivity contribution in [1.82, 2.24) is 14.8 Å². The van der Waals surface area contributed by atoms with E-state index >= 15 is 0 Å². The molecule has 0 spiro atoms. The van der Waals surface area contributed by atoms with Crippen LogP contribution < -0.4 is 5.32 Å². The van der Waals surface area contributed by atoms with Crippen LogP contribution in [-0.4, -0.2) is 39.5 Å². The third-order valence-corrected chi connectivity index (χ3v) is 5.20. The molecule has 0 bridgehead atoms. The average Bonchev–Trinajstić information content (AvgIpc) is 3.14. The molecular weight excluding hydrogens is 400 g/mol. The van der Waals surface area contributed by atoms with Crippen molar-refractivity contribution >= 4 is 29.3 Å². The predicted octanol–water partition coefficient (Wildman–Crippen LogP) is 3.57. The number of anilines is 1. The summed E-state index contributed by atoms with van der Waals surface area (Å²) >= 11 is 1.31. The largest absolute Gasteiger partial charge is 0.465 e. The minimum atomic E-state index is -0.420. The molecule has 0 saturated heterocycles. The molecule has 154 valence electrons. The van der Waals surface area contributed by atoms with E-state index in [0.29, 0.717) is 29.4 Å². The van der Waals surface area contributed by atoms with E-state index in [1.54, 1.807) is 30.3 Å². The third kappa shape index (κ3) is 5.57. The van der Waals surface area contributed by atoms with Gasteiger partial charge < -0.3 is 14.6 Å². The monoisotopic (exact) mass is 422 g/mol. The van der Waals surface area contributed by atoms with E-state index in [9.17, 15) is 9.59 Å². The number of hydrogen-bond acceptors (Lipinski definition) is 6. The van der Waals surface area contributed by atoms with Gasteiger partial charge in [-0.2, -0.15) is 0 Å². The lowest BCUT2D eigenvalue weighted by Gasteiger charge is -2.08. The molecule has 0 saturated carbocycles. The molecule has 0 radical (unpaired) electrons. The molecule has 0 unspecified atom stereocenters. The first-order valence-electron chi connectivity index (χ1n) is 9.28. The number of ether oxygens (including phenoxy) is 1. The summed E-state index contributed by atoms with van der Waals surface area (Å²) in [6, 6.07) is 16.6. The molecule has 3 rings (SSSR count). The first kappa shape index (κ1) is 21.3. The summed E-state index contributed by atoms with van der Waals surface area (Å²) in [6.45, 7) is 4.37. The van der Waals surface area contributed by atoms with Crippen molar-refractivity contribution in [2.75, 3.05) is 18.2 Å². The molecule has 1 heterocycles. The number of aromatic nitrogens is 3. The number of amides is 1. The second kappa shape index (κ2) is 10.4. The zero-order valence-electron chi connectivity index (χ0n) is 16.6. The van der Waals surface area contributed by atoms with Crippen molar-refractivity contribution in [3.63, 3.8) is 0 Å². The van der Waals surface area contributed by atoms with Crippen molar-refractivity contribution < 1.29 is 14.3 Å².